The van der Waals surface area contributed by atoms with Crippen LogP contribution in [-0.4, -0.2) is 14.9 Å². The van der Waals surface area contributed by atoms with E-state index in [1.54, 1.807) is 12.1 Å². The highest BCUT2D eigenvalue weighted by Gasteiger charge is 2.24. The molecule has 0 aliphatic heterocycles. The van der Waals surface area contributed by atoms with Crippen LogP contribution < -0.4 is 4.74 Å². The van der Waals surface area contributed by atoms with Crippen molar-refractivity contribution in [3.8, 4) is 11.6 Å². The van der Waals surface area contributed by atoms with E-state index in [9.17, 15) is 10.1 Å². The Kier molecular flexibility index (Phi) is 4.04. The van der Waals surface area contributed by atoms with Gasteiger partial charge >= 0.3 is 11.6 Å². The van der Waals surface area contributed by atoms with Crippen molar-refractivity contribution in [2.45, 2.75) is 0 Å². The lowest BCUT2D eigenvalue weighted by Gasteiger charge is -2.07. The molecule has 0 atom stereocenters. The number of hydrogen-bond acceptors (Lipinski definition) is 5. The molecule has 0 amide bonds. The molecule has 0 saturated carbocycles. The van der Waals surface area contributed by atoms with Gasteiger partial charge in [-0.1, -0.05) is 40.9 Å². The van der Waals surface area contributed by atoms with Crippen LogP contribution in [0.1, 0.15) is 0 Å². The molecule has 0 aliphatic carbocycles. The molecule has 98 valence electrons. The van der Waals surface area contributed by atoms with Crippen molar-refractivity contribution < 1.29 is 9.66 Å². The molecular weight excluding hydrogens is 316 g/mol. The average Bonchev–Trinajstić information content (AvgIpc) is 2.34. The zero-order chi connectivity index (χ0) is 14.0. The summed E-state index contributed by atoms with van der Waals surface area (Å²) in [6.07, 6.45) is 1.04. The van der Waals surface area contributed by atoms with Gasteiger partial charge < -0.3 is 4.74 Å². The van der Waals surface area contributed by atoms with Gasteiger partial charge in [0.1, 0.15) is 17.1 Å². The highest BCUT2D eigenvalue weighted by molar-refractivity contribution is 6.42. The molecule has 1 heterocycles. The molecule has 0 spiro atoms. The lowest BCUT2D eigenvalue weighted by molar-refractivity contribution is -0.386. The van der Waals surface area contributed by atoms with Crippen molar-refractivity contribution in [2.24, 2.45) is 0 Å². The third-order valence-electron chi connectivity index (χ3n) is 2.05. The number of benzene rings is 1. The van der Waals surface area contributed by atoms with E-state index in [0.717, 1.165) is 6.33 Å². The van der Waals surface area contributed by atoms with Crippen LogP contribution in [0.5, 0.6) is 11.6 Å². The predicted molar refractivity (Wildman–Crippen MR) is 70.2 cm³/mol. The Hall–Kier alpha value is -1.63. The first-order valence-electron chi connectivity index (χ1n) is 4.77. The highest BCUT2D eigenvalue weighted by Crippen LogP contribution is 2.38. The fourth-order valence-electron chi connectivity index (χ4n) is 1.24. The molecule has 0 unspecified atom stereocenters. The van der Waals surface area contributed by atoms with E-state index in [0.29, 0.717) is 0 Å². The summed E-state index contributed by atoms with van der Waals surface area (Å²) in [5.41, 5.74) is -0.541. The topological polar surface area (TPSA) is 78.2 Å². The molecule has 2 aromatic rings. The number of halogens is 3. The Balaban J connectivity index is 2.47. The maximum atomic E-state index is 10.9. The van der Waals surface area contributed by atoms with Gasteiger partial charge in [0.15, 0.2) is 0 Å². The molecule has 0 radical (unpaired) electrons. The highest BCUT2D eigenvalue weighted by atomic mass is 35.5. The lowest BCUT2D eigenvalue weighted by atomic mass is 10.3. The summed E-state index contributed by atoms with van der Waals surface area (Å²) in [5.74, 6) is -0.179. The van der Waals surface area contributed by atoms with Gasteiger partial charge in [-0.05, 0) is 12.1 Å². The first-order chi connectivity index (χ1) is 9.00. The Bertz CT molecular complexity index is 651. The average molecular weight is 321 g/mol. The molecule has 19 heavy (non-hydrogen) atoms. The van der Waals surface area contributed by atoms with Crippen molar-refractivity contribution in [1.82, 2.24) is 9.97 Å². The Morgan fingerprint density at radius 1 is 1.21 bits per heavy atom. The Morgan fingerprint density at radius 3 is 2.63 bits per heavy atom. The van der Waals surface area contributed by atoms with Crippen molar-refractivity contribution in [2.75, 3.05) is 0 Å². The SMILES string of the molecule is O=[N+]([O-])c1c(Cl)ncnc1Oc1cccc(Cl)c1Cl. The largest absolute Gasteiger partial charge is 0.432 e. The number of aromatic nitrogens is 2. The van der Waals surface area contributed by atoms with Crippen LogP contribution in [0.25, 0.3) is 0 Å². The van der Waals surface area contributed by atoms with Crippen LogP contribution in [0, 0.1) is 10.1 Å². The van der Waals surface area contributed by atoms with E-state index in [1.807, 2.05) is 0 Å². The number of nitrogens with zero attached hydrogens (tertiary/aromatic N) is 3. The van der Waals surface area contributed by atoms with Crippen molar-refractivity contribution in [1.29, 1.82) is 0 Å². The van der Waals surface area contributed by atoms with E-state index < -0.39 is 10.6 Å². The van der Waals surface area contributed by atoms with E-state index in [-0.39, 0.29) is 26.8 Å². The quantitative estimate of drug-likeness (QED) is 0.482. The van der Waals surface area contributed by atoms with E-state index in [4.69, 9.17) is 39.5 Å². The molecule has 0 saturated heterocycles. The van der Waals surface area contributed by atoms with Gasteiger partial charge in [0.25, 0.3) is 0 Å². The minimum atomic E-state index is -0.740. The van der Waals surface area contributed by atoms with Gasteiger partial charge in [-0.2, -0.15) is 4.98 Å². The number of ether oxygens (including phenoxy) is 1. The van der Waals surface area contributed by atoms with Gasteiger partial charge in [0.05, 0.1) is 9.95 Å². The van der Waals surface area contributed by atoms with E-state index >= 15 is 0 Å². The first kappa shape index (κ1) is 13.8. The smallest absolute Gasteiger partial charge is 0.368 e. The van der Waals surface area contributed by atoms with Gasteiger partial charge in [-0.15, -0.1) is 0 Å². The van der Waals surface area contributed by atoms with E-state index in [2.05, 4.69) is 9.97 Å². The zero-order valence-electron chi connectivity index (χ0n) is 9.01. The predicted octanol–water partition coefficient (Wildman–Crippen LogP) is 4.14. The first-order valence-corrected chi connectivity index (χ1v) is 5.91. The van der Waals surface area contributed by atoms with Crippen LogP contribution in [0.2, 0.25) is 15.2 Å². The van der Waals surface area contributed by atoms with Crippen LogP contribution in [-0.2, 0) is 0 Å². The van der Waals surface area contributed by atoms with Crippen molar-refractivity contribution in [3.63, 3.8) is 0 Å². The molecule has 1 aromatic carbocycles. The third-order valence-corrected chi connectivity index (χ3v) is 3.13. The van der Waals surface area contributed by atoms with Crippen molar-refractivity contribution in [3.05, 3.63) is 49.8 Å². The Labute approximate surface area is 122 Å². The fraction of sp³-hybridized carbons (Fsp3) is 0. The number of hydrogen-bond donors (Lipinski definition) is 0. The molecule has 1 aromatic heterocycles. The summed E-state index contributed by atoms with van der Waals surface area (Å²) in [6, 6.07) is 4.63. The summed E-state index contributed by atoms with van der Waals surface area (Å²) in [7, 11) is 0. The van der Waals surface area contributed by atoms with Gasteiger partial charge in [-0.25, -0.2) is 4.98 Å². The molecule has 0 aliphatic rings. The molecule has 9 heteroatoms. The standard InChI is InChI=1S/C10H4Cl3N3O3/c11-5-2-1-3-6(7(5)12)19-10-8(16(17)18)9(13)14-4-15-10/h1-4H. The Morgan fingerprint density at radius 2 is 1.95 bits per heavy atom. The summed E-state index contributed by atoms with van der Waals surface area (Å²) in [4.78, 5) is 17.3. The van der Waals surface area contributed by atoms with Crippen LogP contribution in [0.3, 0.4) is 0 Å². The zero-order valence-corrected chi connectivity index (χ0v) is 11.3. The summed E-state index contributed by atoms with van der Waals surface area (Å²) < 4.78 is 5.27. The summed E-state index contributed by atoms with van der Waals surface area (Å²) in [5, 5.41) is 10.9. The molecule has 6 nitrogen and oxygen atoms in total. The molecule has 2 rings (SSSR count). The second-order valence-corrected chi connectivity index (χ2v) is 4.37. The summed E-state index contributed by atoms with van der Waals surface area (Å²) in [6.45, 7) is 0. The second-order valence-electron chi connectivity index (χ2n) is 3.23. The molecule has 0 N–H and O–H groups in total. The number of rotatable bonds is 3. The minimum Gasteiger partial charge on any atom is -0.432 e. The van der Waals surface area contributed by atoms with Gasteiger partial charge in [0, 0.05) is 0 Å². The van der Waals surface area contributed by atoms with Crippen LogP contribution >= 0.6 is 34.8 Å². The second kappa shape index (κ2) is 5.56. The normalized spacial score (nSPS) is 10.3. The lowest BCUT2D eigenvalue weighted by Crippen LogP contribution is -1.98. The maximum absolute atomic E-state index is 10.9. The fourth-order valence-corrected chi connectivity index (χ4v) is 1.76. The molecule has 0 bridgehead atoms. The van der Waals surface area contributed by atoms with E-state index in [1.165, 1.54) is 6.07 Å². The third kappa shape index (κ3) is 2.86. The molecule has 0 fully saturated rings. The number of nitro groups is 1. The van der Waals surface area contributed by atoms with Gasteiger partial charge in [0.2, 0.25) is 5.15 Å². The molecular formula is C10H4Cl3N3O3. The maximum Gasteiger partial charge on any atom is 0.368 e. The van der Waals surface area contributed by atoms with Crippen LogP contribution in [0.15, 0.2) is 24.5 Å². The minimum absolute atomic E-state index is 0.119. The van der Waals surface area contributed by atoms with Crippen molar-refractivity contribution >= 4 is 40.5 Å². The summed E-state index contributed by atoms with van der Waals surface area (Å²) >= 11 is 17.4. The van der Waals surface area contributed by atoms with Crippen LogP contribution in [0.4, 0.5) is 5.69 Å². The monoisotopic (exact) mass is 319 g/mol. The van der Waals surface area contributed by atoms with Gasteiger partial charge in [-0.3, -0.25) is 10.1 Å².